The number of thioether (sulfide) groups is 1. The third-order valence-corrected chi connectivity index (χ3v) is 2.71. The molecule has 0 bridgehead atoms. The van der Waals surface area contributed by atoms with E-state index in [-0.39, 0.29) is 0 Å². The van der Waals surface area contributed by atoms with Crippen molar-refractivity contribution in [1.82, 2.24) is 4.98 Å². The van der Waals surface area contributed by atoms with Crippen molar-refractivity contribution in [2.45, 2.75) is 20.3 Å². The predicted octanol–water partition coefficient (Wildman–Crippen LogP) is 2.69. The van der Waals surface area contributed by atoms with Crippen molar-refractivity contribution in [1.29, 1.82) is 0 Å². The Hall–Kier alpha value is -0.500. The molecule has 0 aromatic carbocycles. The van der Waals surface area contributed by atoms with Crippen LogP contribution < -0.4 is 0 Å². The molecule has 66 valence electrons. The number of nitrogens with zero attached hydrogens (tertiary/aromatic N) is 1. The molecule has 0 unspecified atom stereocenters. The van der Waals surface area contributed by atoms with Gasteiger partial charge in [0.15, 0.2) is 0 Å². The molecule has 1 aromatic rings. The smallest absolute Gasteiger partial charge is 0.0440 e. The highest BCUT2D eigenvalue weighted by Crippen LogP contribution is 2.08. The molecule has 0 amide bonds. The van der Waals surface area contributed by atoms with Crippen LogP contribution in [0.15, 0.2) is 18.3 Å². The molecule has 2 heteroatoms. The number of aryl methyl sites for hydroxylation is 2. The van der Waals surface area contributed by atoms with Crippen molar-refractivity contribution in [3.8, 4) is 0 Å². The van der Waals surface area contributed by atoms with E-state index in [9.17, 15) is 0 Å². The molecule has 0 aliphatic rings. The summed E-state index contributed by atoms with van der Waals surface area (Å²) in [4.78, 5) is 4.34. The first-order valence-electron chi connectivity index (χ1n) is 4.33. The van der Waals surface area contributed by atoms with E-state index in [1.165, 1.54) is 22.8 Å². The summed E-state index contributed by atoms with van der Waals surface area (Å²) in [5.74, 6) is 2.39. The normalized spacial score (nSPS) is 10.2. The van der Waals surface area contributed by atoms with E-state index in [1.807, 2.05) is 24.0 Å². The van der Waals surface area contributed by atoms with Crippen molar-refractivity contribution in [3.63, 3.8) is 0 Å². The topological polar surface area (TPSA) is 12.9 Å². The fourth-order valence-corrected chi connectivity index (χ4v) is 1.72. The highest BCUT2D eigenvalue weighted by Gasteiger charge is 1.97. The molecule has 0 aliphatic carbocycles. The van der Waals surface area contributed by atoms with Gasteiger partial charge in [0.1, 0.15) is 0 Å². The highest BCUT2D eigenvalue weighted by molar-refractivity contribution is 7.99. The van der Waals surface area contributed by atoms with Gasteiger partial charge in [0, 0.05) is 11.9 Å². The van der Waals surface area contributed by atoms with E-state index < -0.39 is 0 Å². The van der Waals surface area contributed by atoms with Crippen LogP contribution >= 0.6 is 11.8 Å². The molecule has 0 N–H and O–H groups in total. The Morgan fingerprint density at radius 1 is 1.50 bits per heavy atom. The van der Waals surface area contributed by atoms with Crippen molar-refractivity contribution in [2.75, 3.05) is 11.5 Å². The first kappa shape index (κ1) is 9.59. The van der Waals surface area contributed by atoms with Crippen LogP contribution in [0.2, 0.25) is 0 Å². The zero-order valence-corrected chi connectivity index (χ0v) is 8.53. The monoisotopic (exact) mass is 181 g/mol. The maximum atomic E-state index is 4.34. The van der Waals surface area contributed by atoms with Gasteiger partial charge in [-0.1, -0.05) is 13.0 Å². The van der Waals surface area contributed by atoms with E-state index in [4.69, 9.17) is 0 Å². The predicted molar refractivity (Wildman–Crippen MR) is 55.7 cm³/mol. The molecule has 1 aromatic heterocycles. The Morgan fingerprint density at radius 2 is 2.33 bits per heavy atom. The van der Waals surface area contributed by atoms with Crippen LogP contribution in [0, 0.1) is 6.92 Å². The fraction of sp³-hybridized carbons (Fsp3) is 0.500. The minimum absolute atomic E-state index is 1.10. The van der Waals surface area contributed by atoms with E-state index >= 15 is 0 Å². The van der Waals surface area contributed by atoms with Gasteiger partial charge in [-0.25, -0.2) is 0 Å². The van der Waals surface area contributed by atoms with Crippen molar-refractivity contribution in [3.05, 3.63) is 29.6 Å². The molecular formula is C10H15NS. The van der Waals surface area contributed by atoms with Gasteiger partial charge in [-0.2, -0.15) is 11.8 Å². The van der Waals surface area contributed by atoms with Gasteiger partial charge in [0.25, 0.3) is 0 Å². The van der Waals surface area contributed by atoms with Crippen LogP contribution in [0.5, 0.6) is 0 Å². The van der Waals surface area contributed by atoms with Crippen LogP contribution in [0.1, 0.15) is 18.2 Å². The third-order valence-electron chi connectivity index (χ3n) is 1.81. The SMILES string of the molecule is CCSCCc1ncccc1C. The maximum Gasteiger partial charge on any atom is 0.0440 e. The standard InChI is InChI=1S/C10H15NS/c1-3-12-8-6-10-9(2)5-4-7-11-10/h4-5,7H,3,6,8H2,1-2H3. The average Bonchev–Trinajstić information content (AvgIpc) is 2.09. The average molecular weight is 181 g/mol. The Labute approximate surface area is 78.6 Å². The van der Waals surface area contributed by atoms with E-state index in [0.29, 0.717) is 0 Å². The maximum absolute atomic E-state index is 4.34. The lowest BCUT2D eigenvalue weighted by atomic mass is 10.2. The largest absolute Gasteiger partial charge is 0.261 e. The van der Waals surface area contributed by atoms with Gasteiger partial charge < -0.3 is 0 Å². The first-order chi connectivity index (χ1) is 5.84. The summed E-state index contributed by atoms with van der Waals surface area (Å²) in [6.45, 7) is 4.31. The van der Waals surface area contributed by atoms with E-state index in [2.05, 4.69) is 24.9 Å². The van der Waals surface area contributed by atoms with Gasteiger partial charge in [-0.3, -0.25) is 4.98 Å². The zero-order valence-electron chi connectivity index (χ0n) is 7.71. The summed E-state index contributed by atoms with van der Waals surface area (Å²) in [7, 11) is 0. The zero-order chi connectivity index (χ0) is 8.81. The number of pyridine rings is 1. The molecular weight excluding hydrogens is 166 g/mol. The molecule has 0 aliphatic heterocycles. The molecule has 0 saturated heterocycles. The Balaban J connectivity index is 2.46. The van der Waals surface area contributed by atoms with Crippen LogP contribution in [-0.2, 0) is 6.42 Å². The van der Waals surface area contributed by atoms with Crippen LogP contribution in [0.4, 0.5) is 0 Å². The highest BCUT2D eigenvalue weighted by atomic mass is 32.2. The molecule has 1 nitrogen and oxygen atoms in total. The van der Waals surface area contributed by atoms with Crippen molar-refractivity contribution < 1.29 is 0 Å². The third kappa shape index (κ3) is 2.86. The summed E-state index contributed by atoms with van der Waals surface area (Å²) < 4.78 is 0. The Kier molecular flexibility index (Phi) is 4.15. The molecule has 1 heterocycles. The van der Waals surface area contributed by atoms with Gasteiger partial charge in [-0.05, 0) is 36.5 Å². The number of hydrogen-bond acceptors (Lipinski definition) is 2. The molecule has 0 fully saturated rings. The van der Waals surface area contributed by atoms with Gasteiger partial charge in [-0.15, -0.1) is 0 Å². The lowest BCUT2D eigenvalue weighted by molar-refractivity contribution is 1.02. The second-order valence-electron chi connectivity index (χ2n) is 2.71. The summed E-state index contributed by atoms with van der Waals surface area (Å²) in [5.41, 5.74) is 2.56. The van der Waals surface area contributed by atoms with Crippen LogP contribution in [0.3, 0.4) is 0 Å². The summed E-state index contributed by atoms with van der Waals surface area (Å²) in [6.07, 6.45) is 2.98. The summed E-state index contributed by atoms with van der Waals surface area (Å²) in [6, 6.07) is 4.12. The summed E-state index contributed by atoms with van der Waals surface area (Å²) >= 11 is 1.97. The second-order valence-corrected chi connectivity index (χ2v) is 4.11. The quantitative estimate of drug-likeness (QED) is 0.662. The Bertz CT molecular complexity index is 235. The fourth-order valence-electron chi connectivity index (χ4n) is 1.09. The van der Waals surface area contributed by atoms with Crippen molar-refractivity contribution in [2.24, 2.45) is 0 Å². The van der Waals surface area contributed by atoms with Gasteiger partial charge in [0.2, 0.25) is 0 Å². The van der Waals surface area contributed by atoms with Crippen LogP contribution in [-0.4, -0.2) is 16.5 Å². The Morgan fingerprint density at radius 3 is 3.00 bits per heavy atom. The lowest BCUT2D eigenvalue weighted by Gasteiger charge is -2.02. The van der Waals surface area contributed by atoms with Gasteiger partial charge in [0.05, 0.1) is 0 Å². The minimum Gasteiger partial charge on any atom is -0.261 e. The molecule has 0 spiro atoms. The number of hydrogen-bond donors (Lipinski definition) is 0. The molecule has 12 heavy (non-hydrogen) atoms. The van der Waals surface area contributed by atoms with Gasteiger partial charge >= 0.3 is 0 Å². The van der Waals surface area contributed by atoms with Crippen molar-refractivity contribution >= 4 is 11.8 Å². The number of rotatable bonds is 4. The molecule has 0 radical (unpaired) electrons. The number of aromatic nitrogens is 1. The van der Waals surface area contributed by atoms with E-state index in [0.717, 1.165) is 6.42 Å². The molecule has 1 rings (SSSR count). The molecule has 0 saturated carbocycles. The first-order valence-corrected chi connectivity index (χ1v) is 5.48. The lowest BCUT2D eigenvalue weighted by Crippen LogP contribution is -1.95. The van der Waals surface area contributed by atoms with Crippen LogP contribution in [0.25, 0.3) is 0 Å². The minimum atomic E-state index is 1.10. The van der Waals surface area contributed by atoms with E-state index in [1.54, 1.807) is 0 Å². The summed E-state index contributed by atoms with van der Waals surface area (Å²) in [5, 5.41) is 0. The second kappa shape index (κ2) is 5.20. The molecule has 0 atom stereocenters.